The number of halogens is 4. The Morgan fingerprint density at radius 2 is 0.219 bits per heavy atom. The largest absolute Gasteiger partial charge is 0.203 e. The molecule has 0 unspecified atom stereocenters. The monoisotopic (exact) mass is 832 g/mol. The Kier molecular flexibility index (Phi) is 9.70. The van der Waals surface area contributed by atoms with Gasteiger partial charge >= 0.3 is 0 Å². The molecule has 0 saturated carbocycles. The van der Waals surface area contributed by atoms with E-state index in [1.54, 1.807) is 24.3 Å². The lowest BCUT2D eigenvalue weighted by atomic mass is 9.94. The van der Waals surface area contributed by atoms with Crippen molar-refractivity contribution in [2.24, 2.45) is 0 Å². The van der Waals surface area contributed by atoms with Crippen LogP contribution in [0.4, 0.5) is 17.6 Å². The standard InChI is InChI=1S/C60H36F4/c61-57-53-33-34-54(58(57)62)51-29-21-47(22-30-51)43-13-5-39(6-14-43)40-7-15-44(16-8-40)48-23-31-52(32-24-48)56-36-35-55(59(63)60(56)64)50-27-19-46(20-28-50)42-11-3-38(4-12-42)37-1-9-41(10-2-37)45-17-25-49(53)26-18-45/h1-36H. The topological polar surface area (TPSA) is 0 Å². The summed E-state index contributed by atoms with van der Waals surface area (Å²) in [6, 6.07) is 69.4. The number of benzene rings is 10. The first-order chi connectivity index (χ1) is 31.3. The van der Waals surface area contributed by atoms with E-state index in [0.717, 1.165) is 66.8 Å². The minimum atomic E-state index is -0.880. The van der Waals surface area contributed by atoms with Gasteiger partial charge in [-0.15, -0.1) is 0 Å². The van der Waals surface area contributed by atoms with E-state index in [4.69, 9.17) is 0 Å². The lowest BCUT2D eigenvalue weighted by molar-refractivity contribution is 0.514. The maximum absolute atomic E-state index is 15.7. The molecule has 38 rings (SSSR count). The van der Waals surface area contributed by atoms with E-state index in [1.165, 1.54) is 0 Å². The molecule has 28 aliphatic carbocycles. The van der Waals surface area contributed by atoms with Gasteiger partial charge in [0.2, 0.25) is 0 Å². The third-order valence-corrected chi connectivity index (χ3v) is 12.5. The van der Waals surface area contributed by atoms with E-state index >= 15 is 17.6 Å². The van der Waals surface area contributed by atoms with E-state index < -0.39 is 23.3 Å². The van der Waals surface area contributed by atoms with Crippen molar-refractivity contribution in [3.8, 4) is 111 Å². The normalized spacial score (nSPS) is 11.4. The first kappa shape index (κ1) is 38.8. The lowest BCUT2D eigenvalue weighted by Gasteiger charge is -2.12. The zero-order valence-corrected chi connectivity index (χ0v) is 34.3. The third-order valence-electron chi connectivity index (χ3n) is 12.5. The van der Waals surface area contributed by atoms with Crippen molar-refractivity contribution in [2.45, 2.75) is 0 Å². The van der Waals surface area contributed by atoms with Crippen molar-refractivity contribution < 1.29 is 17.6 Å². The molecule has 10 aromatic carbocycles. The van der Waals surface area contributed by atoms with Crippen molar-refractivity contribution in [2.75, 3.05) is 0 Å². The molecule has 10 aromatic rings. The molecular weight excluding hydrogens is 797 g/mol. The minimum Gasteiger partial charge on any atom is -0.203 e. The smallest absolute Gasteiger partial charge is 0.167 e. The zero-order valence-electron chi connectivity index (χ0n) is 34.3. The molecule has 304 valence electrons. The average molecular weight is 833 g/mol. The van der Waals surface area contributed by atoms with Crippen LogP contribution >= 0.6 is 0 Å². The van der Waals surface area contributed by atoms with Crippen molar-refractivity contribution in [1.82, 2.24) is 0 Å². The molecule has 0 aromatic heterocycles. The fourth-order valence-electron chi connectivity index (χ4n) is 8.78. The molecule has 0 spiro atoms. The predicted molar refractivity (Wildman–Crippen MR) is 254 cm³/mol. The zero-order chi connectivity index (χ0) is 43.3. The molecule has 0 aliphatic heterocycles. The van der Waals surface area contributed by atoms with Crippen molar-refractivity contribution in [1.29, 1.82) is 0 Å². The Bertz CT molecular complexity index is 2860. The summed E-state index contributed by atoms with van der Waals surface area (Å²) in [5.41, 5.74) is 15.2. The summed E-state index contributed by atoms with van der Waals surface area (Å²) in [6.45, 7) is 0. The molecule has 0 N–H and O–H groups in total. The second-order valence-corrected chi connectivity index (χ2v) is 16.2. The Morgan fingerprint density at radius 1 is 0.125 bits per heavy atom. The van der Waals surface area contributed by atoms with Gasteiger partial charge in [-0.1, -0.05) is 218 Å². The first-order valence-electron chi connectivity index (χ1n) is 21.1. The molecule has 0 saturated heterocycles. The van der Waals surface area contributed by atoms with E-state index in [2.05, 4.69) is 48.5 Å². The Balaban J connectivity index is 0.937. The van der Waals surface area contributed by atoms with Crippen LogP contribution < -0.4 is 0 Å². The van der Waals surface area contributed by atoms with Gasteiger partial charge < -0.3 is 0 Å². The van der Waals surface area contributed by atoms with Crippen LogP contribution in [0.25, 0.3) is 111 Å². The summed E-state index contributed by atoms with van der Waals surface area (Å²) < 4.78 is 62.9. The maximum Gasteiger partial charge on any atom is 0.167 e. The molecular formula is C60H36F4. The van der Waals surface area contributed by atoms with Gasteiger partial charge in [-0.3, -0.25) is 0 Å². The molecule has 0 atom stereocenters. The maximum atomic E-state index is 15.7. The van der Waals surface area contributed by atoms with Crippen LogP contribution in [-0.2, 0) is 0 Å². The summed E-state index contributed by atoms with van der Waals surface area (Å²) >= 11 is 0. The van der Waals surface area contributed by atoms with E-state index in [0.29, 0.717) is 22.3 Å². The van der Waals surface area contributed by atoms with Crippen LogP contribution in [0.1, 0.15) is 0 Å². The van der Waals surface area contributed by atoms with Gasteiger partial charge in [0.25, 0.3) is 0 Å². The van der Waals surface area contributed by atoms with Crippen molar-refractivity contribution in [3.63, 3.8) is 0 Å². The van der Waals surface area contributed by atoms with Gasteiger partial charge in [0.15, 0.2) is 23.3 Å². The van der Waals surface area contributed by atoms with Crippen LogP contribution in [-0.4, -0.2) is 0 Å². The van der Waals surface area contributed by atoms with Gasteiger partial charge in [-0.25, -0.2) is 17.6 Å². The highest BCUT2D eigenvalue weighted by atomic mass is 19.2. The third kappa shape index (κ3) is 7.09. The van der Waals surface area contributed by atoms with Crippen LogP contribution in [0.15, 0.2) is 218 Å². The molecule has 28 aliphatic rings. The molecule has 0 fully saturated rings. The van der Waals surface area contributed by atoms with E-state index in [9.17, 15) is 0 Å². The average Bonchev–Trinajstić information content (AvgIpc) is 3.36. The van der Waals surface area contributed by atoms with Crippen LogP contribution in [0.2, 0.25) is 0 Å². The molecule has 64 heavy (non-hydrogen) atoms. The summed E-state index contributed by atoms with van der Waals surface area (Å²) in [5, 5.41) is 0. The Labute approximate surface area is 369 Å². The molecule has 0 amide bonds. The second kappa shape index (κ2) is 16.0. The highest BCUT2D eigenvalue weighted by molar-refractivity contribution is 5.80. The van der Waals surface area contributed by atoms with E-state index in [1.807, 2.05) is 146 Å². The van der Waals surface area contributed by atoms with Gasteiger partial charge in [-0.05, 0) is 89.0 Å². The number of hydrogen-bond acceptors (Lipinski definition) is 0. The quantitative estimate of drug-likeness (QED) is 0.134. The fraction of sp³-hybridized carbons (Fsp3) is 0. The molecule has 0 heterocycles. The summed E-state index contributed by atoms with van der Waals surface area (Å²) in [4.78, 5) is 0. The predicted octanol–water partition coefficient (Wildman–Crippen LogP) is 17.2. The van der Waals surface area contributed by atoms with E-state index in [-0.39, 0.29) is 22.3 Å². The number of hydrogen-bond donors (Lipinski definition) is 0. The highest BCUT2D eigenvalue weighted by Gasteiger charge is 2.18. The molecule has 20 bridgehead atoms. The Hall–Kier alpha value is -8.08. The minimum absolute atomic E-state index is 0.205. The summed E-state index contributed by atoms with van der Waals surface area (Å²) in [5.74, 6) is -3.52. The summed E-state index contributed by atoms with van der Waals surface area (Å²) in [7, 11) is 0. The second-order valence-electron chi connectivity index (χ2n) is 16.2. The molecule has 4 heteroatoms. The molecule has 0 nitrogen and oxygen atoms in total. The SMILES string of the molecule is Fc1c2ccc(c1F)-c1ccc(cc1)-c1ccc(cc1)-c1ccc(cc1)-c1ccc(cc1)-c1ccc(c(F)c1F)-c1ccc(cc1)-c1ccc(cc1)-c1ccc(cc1)-c1ccc-2cc1. The fourth-order valence-corrected chi connectivity index (χ4v) is 8.78. The number of rotatable bonds is 0. The van der Waals surface area contributed by atoms with Crippen molar-refractivity contribution in [3.05, 3.63) is 242 Å². The van der Waals surface area contributed by atoms with Gasteiger partial charge in [0.05, 0.1) is 0 Å². The van der Waals surface area contributed by atoms with Crippen LogP contribution in [0.3, 0.4) is 0 Å². The van der Waals surface area contributed by atoms with Crippen LogP contribution in [0.5, 0.6) is 0 Å². The Morgan fingerprint density at radius 3 is 0.328 bits per heavy atom. The van der Waals surface area contributed by atoms with Gasteiger partial charge in [0, 0.05) is 22.3 Å². The van der Waals surface area contributed by atoms with Gasteiger partial charge in [-0.2, -0.15) is 0 Å². The highest BCUT2D eigenvalue weighted by Crippen LogP contribution is 2.37. The first-order valence-corrected chi connectivity index (χ1v) is 21.1. The molecule has 0 radical (unpaired) electrons. The lowest BCUT2D eigenvalue weighted by Crippen LogP contribution is -1.94. The van der Waals surface area contributed by atoms with Crippen LogP contribution in [0, 0.1) is 23.3 Å². The van der Waals surface area contributed by atoms with Gasteiger partial charge in [0.1, 0.15) is 0 Å². The van der Waals surface area contributed by atoms with Crippen molar-refractivity contribution >= 4 is 0 Å². The summed E-state index contributed by atoms with van der Waals surface area (Å²) in [6.07, 6.45) is 0.